The summed E-state index contributed by atoms with van der Waals surface area (Å²) < 4.78 is 0. The van der Waals surface area contributed by atoms with Crippen LogP contribution in [0, 0.1) is 0 Å². The van der Waals surface area contributed by atoms with E-state index in [9.17, 15) is 4.79 Å². The van der Waals surface area contributed by atoms with Crippen molar-refractivity contribution in [2.75, 3.05) is 0 Å². The molecule has 0 aliphatic carbocycles. The summed E-state index contributed by atoms with van der Waals surface area (Å²) in [4.78, 5) is 10.9. The number of nitrogens with one attached hydrogen (secondary N) is 2. The monoisotopic (exact) mass is 190 g/mol. The summed E-state index contributed by atoms with van der Waals surface area (Å²) in [6.07, 6.45) is 0.956. The number of rotatable bonds is 1. The van der Waals surface area contributed by atoms with Gasteiger partial charge in [0.15, 0.2) is 0 Å². The number of amides is 1. The van der Waals surface area contributed by atoms with Gasteiger partial charge < -0.3 is 5.32 Å². The molecule has 74 valence electrons. The minimum atomic E-state index is 0.0156. The summed E-state index contributed by atoms with van der Waals surface area (Å²) in [5.74, 6) is 0.0156. The van der Waals surface area contributed by atoms with Gasteiger partial charge in [0.25, 0.3) is 0 Å². The largest absolute Gasteiger partial charge is 0.341 e. The molecule has 3 heteroatoms. The van der Waals surface area contributed by atoms with Crippen LogP contribution >= 0.6 is 0 Å². The molecule has 1 amide bonds. The Morgan fingerprint density at radius 3 is 2.86 bits per heavy atom. The van der Waals surface area contributed by atoms with E-state index in [1.807, 2.05) is 12.1 Å². The van der Waals surface area contributed by atoms with E-state index in [0.717, 1.165) is 13.0 Å². The molecule has 0 spiro atoms. The molecule has 0 aromatic heterocycles. The van der Waals surface area contributed by atoms with Gasteiger partial charge in [-0.3, -0.25) is 10.1 Å². The second kappa shape index (κ2) is 3.80. The van der Waals surface area contributed by atoms with Crippen molar-refractivity contribution in [2.45, 2.75) is 26.1 Å². The summed E-state index contributed by atoms with van der Waals surface area (Å²) in [6, 6.07) is 8.31. The smallest absolute Gasteiger partial charge is 0.218 e. The SMILES string of the molecule is CC(=O)NC1Cc2ccccc2CN1. The lowest BCUT2D eigenvalue weighted by atomic mass is 9.99. The normalized spacial score (nSPS) is 19.9. The van der Waals surface area contributed by atoms with Crippen LogP contribution in [0.3, 0.4) is 0 Å². The Balaban J connectivity index is 2.09. The zero-order valence-electron chi connectivity index (χ0n) is 8.21. The Labute approximate surface area is 83.5 Å². The fourth-order valence-electron chi connectivity index (χ4n) is 1.80. The van der Waals surface area contributed by atoms with Crippen molar-refractivity contribution >= 4 is 5.91 Å². The topological polar surface area (TPSA) is 41.1 Å². The van der Waals surface area contributed by atoms with Gasteiger partial charge in [0.05, 0.1) is 6.17 Å². The highest BCUT2D eigenvalue weighted by Gasteiger charge is 2.17. The maximum Gasteiger partial charge on any atom is 0.218 e. The molecular weight excluding hydrogens is 176 g/mol. The van der Waals surface area contributed by atoms with E-state index in [1.165, 1.54) is 11.1 Å². The second-order valence-corrected chi connectivity index (χ2v) is 3.61. The highest BCUT2D eigenvalue weighted by atomic mass is 16.1. The van der Waals surface area contributed by atoms with Gasteiger partial charge in [-0.15, -0.1) is 0 Å². The van der Waals surface area contributed by atoms with E-state index in [0.29, 0.717) is 0 Å². The molecule has 1 aromatic carbocycles. The van der Waals surface area contributed by atoms with E-state index in [2.05, 4.69) is 22.8 Å². The average Bonchev–Trinajstić information content (AvgIpc) is 2.17. The number of hydrogen-bond donors (Lipinski definition) is 2. The van der Waals surface area contributed by atoms with Crippen molar-refractivity contribution in [1.29, 1.82) is 0 Å². The third kappa shape index (κ3) is 1.93. The van der Waals surface area contributed by atoms with Gasteiger partial charge in [-0.05, 0) is 11.1 Å². The van der Waals surface area contributed by atoms with E-state index < -0.39 is 0 Å². The lowest BCUT2D eigenvalue weighted by Gasteiger charge is -2.26. The molecule has 1 aliphatic rings. The molecule has 14 heavy (non-hydrogen) atoms. The Bertz CT molecular complexity index is 349. The van der Waals surface area contributed by atoms with Gasteiger partial charge in [0, 0.05) is 19.9 Å². The van der Waals surface area contributed by atoms with Crippen LogP contribution < -0.4 is 10.6 Å². The Morgan fingerprint density at radius 1 is 1.43 bits per heavy atom. The molecule has 0 saturated carbocycles. The molecule has 1 atom stereocenters. The molecule has 2 rings (SSSR count). The molecule has 1 unspecified atom stereocenters. The van der Waals surface area contributed by atoms with Crippen LogP contribution in [-0.2, 0) is 17.8 Å². The quantitative estimate of drug-likeness (QED) is 0.687. The van der Waals surface area contributed by atoms with E-state index >= 15 is 0 Å². The van der Waals surface area contributed by atoms with Crippen molar-refractivity contribution in [3.63, 3.8) is 0 Å². The summed E-state index contributed by atoms with van der Waals surface area (Å²) in [7, 11) is 0. The fourth-order valence-corrected chi connectivity index (χ4v) is 1.80. The molecule has 1 heterocycles. The number of fused-ring (bicyclic) bond motifs is 1. The van der Waals surface area contributed by atoms with Gasteiger partial charge >= 0.3 is 0 Å². The first kappa shape index (κ1) is 9.21. The van der Waals surface area contributed by atoms with Gasteiger partial charge in [-0.25, -0.2) is 0 Å². The number of carbonyl (C=O) groups excluding carboxylic acids is 1. The molecule has 3 nitrogen and oxygen atoms in total. The second-order valence-electron chi connectivity index (χ2n) is 3.61. The van der Waals surface area contributed by atoms with E-state index in [-0.39, 0.29) is 12.1 Å². The predicted octanol–water partition coefficient (Wildman–Crippen LogP) is 0.794. The molecule has 2 N–H and O–H groups in total. The third-order valence-electron chi connectivity index (χ3n) is 2.46. The Morgan fingerprint density at radius 2 is 2.14 bits per heavy atom. The lowest BCUT2D eigenvalue weighted by molar-refractivity contribution is -0.119. The molecule has 0 radical (unpaired) electrons. The van der Waals surface area contributed by atoms with Crippen LogP contribution in [0.15, 0.2) is 24.3 Å². The lowest BCUT2D eigenvalue weighted by Crippen LogP contribution is -2.48. The minimum Gasteiger partial charge on any atom is -0.341 e. The van der Waals surface area contributed by atoms with Gasteiger partial charge in [-0.2, -0.15) is 0 Å². The molecule has 1 aliphatic heterocycles. The zero-order valence-corrected chi connectivity index (χ0v) is 8.21. The summed E-state index contributed by atoms with van der Waals surface area (Å²) >= 11 is 0. The summed E-state index contributed by atoms with van der Waals surface area (Å²) in [5, 5.41) is 6.15. The van der Waals surface area contributed by atoms with E-state index in [4.69, 9.17) is 0 Å². The fraction of sp³-hybridized carbons (Fsp3) is 0.364. The maximum atomic E-state index is 10.9. The molecular formula is C11H14N2O. The molecule has 0 saturated heterocycles. The van der Waals surface area contributed by atoms with Gasteiger partial charge in [-0.1, -0.05) is 24.3 Å². The first-order chi connectivity index (χ1) is 6.75. The van der Waals surface area contributed by atoms with Crippen LogP contribution in [0.4, 0.5) is 0 Å². The van der Waals surface area contributed by atoms with Crippen LogP contribution in [0.1, 0.15) is 18.1 Å². The van der Waals surface area contributed by atoms with Gasteiger partial charge in [0.1, 0.15) is 0 Å². The van der Waals surface area contributed by atoms with E-state index in [1.54, 1.807) is 6.92 Å². The van der Waals surface area contributed by atoms with Crippen LogP contribution in [0.5, 0.6) is 0 Å². The maximum absolute atomic E-state index is 10.9. The standard InChI is InChI=1S/C11H14N2O/c1-8(14)13-11-6-9-4-2-3-5-10(9)7-12-11/h2-5,11-12H,6-7H2,1H3,(H,13,14). The highest BCUT2D eigenvalue weighted by molar-refractivity contribution is 5.73. The Hall–Kier alpha value is -1.35. The van der Waals surface area contributed by atoms with Crippen molar-refractivity contribution in [3.05, 3.63) is 35.4 Å². The van der Waals surface area contributed by atoms with Crippen LogP contribution in [0.2, 0.25) is 0 Å². The Kier molecular flexibility index (Phi) is 2.50. The van der Waals surface area contributed by atoms with Crippen molar-refractivity contribution in [3.8, 4) is 0 Å². The van der Waals surface area contributed by atoms with Crippen molar-refractivity contribution in [2.24, 2.45) is 0 Å². The van der Waals surface area contributed by atoms with Crippen molar-refractivity contribution in [1.82, 2.24) is 10.6 Å². The number of hydrogen-bond acceptors (Lipinski definition) is 2. The molecule has 1 aromatic rings. The molecule has 0 fully saturated rings. The van der Waals surface area contributed by atoms with Gasteiger partial charge in [0.2, 0.25) is 5.91 Å². The van der Waals surface area contributed by atoms with Crippen molar-refractivity contribution < 1.29 is 4.79 Å². The number of carbonyl (C=O) groups is 1. The molecule has 0 bridgehead atoms. The van der Waals surface area contributed by atoms with Crippen LogP contribution in [0.25, 0.3) is 0 Å². The number of benzene rings is 1. The highest BCUT2D eigenvalue weighted by Crippen LogP contribution is 2.14. The summed E-state index contributed by atoms with van der Waals surface area (Å²) in [6.45, 7) is 2.38. The third-order valence-corrected chi connectivity index (χ3v) is 2.46. The van der Waals surface area contributed by atoms with Crippen LogP contribution in [-0.4, -0.2) is 12.1 Å². The summed E-state index contributed by atoms with van der Waals surface area (Å²) in [5.41, 5.74) is 2.65. The first-order valence-corrected chi connectivity index (χ1v) is 4.83. The predicted molar refractivity (Wildman–Crippen MR) is 54.6 cm³/mol. The first-order valence-electron chi connectivity index (χ1n) is 4.83. The zero-order chi connectivity index (χ0) is 9.97. The average molecular weight is 190 g/mol. The minimum absolute atomic E-state index is 0.0156.